The summed E-state index contributed by atoms with van der Waals surface area (Å²) in [6.45, 7) is 0. The summed E-state index contributed by atoms with van der Waals surface area (Å²) in [5.41, 5.74) is 1.37. The molecule has 0 fully saturated rings. The minimum absolute atomic E-state index is 0.304. The van der Waals surface area contributed by atoms with E-state index in [9.17, 15) is 0 Å². The third kappa shape index (κ3) is 4.49. The van der Waals surface area contributed by atoms with Crippen molar-refractivity contribution in [2.45, 2.75) is 12.8 Å². The Morgan fingerprint density at radius 2 is 1.47 bits per heavy atom. The molecule has 0 heterocycles. The molecule has 2 aromatic carbocycles. The fourth-order valence-corrected chi connectivity index (χ4v) is 2.71. The van der Waals surface area contributed by atoms with E-state index in [0.717, 1.165) is 12.8 Å². The molecule has 0 aromatic heterocycles. The van der Waals surface area contributed by atoms with Crippen LogP contribution >= 0.6 is 0 Å². The Morgan fingerprint density at radius 1 is 0.824 bits per heavy atom. The molecule has 0 saturated heterocycles. The number of hydrogen-bond donors (Lipinski definition) is 0. The quantitative estimate of drug-likeness (QED) is 0.601. The minimum atomic E-state index is 0.304. The van der Waals surface area contributed by atoms with Gasteiger partial charge in [0.1, 0.15) is 0 Å². The third-order valence-electron chi connectivity index (χ3n) is 2.37. The Bertz CT molecular complexity index is 491. The second kappa shape index (κ2) is 6.97. The summed E-state index contributed by atoms with van der Waals surface area (Å²) in [5, 5.41) is 0. The zero-order valence-electron chi connectivity index (χ0n) is 9.60. The van der Waals surface area contributed by atoms with Gasteiger partial charge in [-0.15, -0.1) is 0 Å². The van der Waals surface area contributed by atoms with Crippen LogP contribution in [0.4, 0.5) is 0 Å². The van der Waals surface area contributed by atoms with Gasteiger partial charge in [0.15, 0.2) is 0 Å². The summed E-state index contributed by atoms with van der Waals surface area (Å²) in [4.78, 5) is 3.28. The average Bonchev–Trinajstić information content (AvgIpc) is 2.41. The van der Waals surface area contributed by atoms with Crippen LogP contribution in [0.25, 0.3) is 0 Å². The molecule has 0 spiro atoms. The van der Waals surface area contributed by atoms with Gasteiger partial charge in [-0.25, -0.2) is 0 Å². The van der Waals surface area contributed by atoms with Gasteiger partial charge in [-0.05, 0) is 0 Å². The molecule has 84 valence electrons. The van der Waals surface area contributed by atoms with Crippen LogP contribution in [0.2, 0.25) is 0 Å². The fraction of sp³-hybridized carbons (Fsp3) is 0.125. The molecule has 0 aliphatic carbocycles. The number of benzene rings is 2. The summed E-state index contributed by atoms with van der Waals surface area (Å²) >= 11 is 0.304. The molecular formula is C16H14Se. The number of hydrogen-bond acceptors (Lipinski definition) is 0. The first-order valence-corrected chi connectivity index (χ1v) is 7.40. The summed E-state index contributed by atoms with van der Waals surface area (Å²) in [7, 11) is 0. The van der Waals surface area contributed by atoms with Gasteiger partial charge in [0, 0.05) is 0 Å². The van der Waals surface area contributed by atoms with Crippen molar-refractivity contribution in [1.82, 2.24) is 0 Å². The van der Waals surface area contributed by atoms with Crippen LogP contribution < -0.4 is 4.46 Å². The summed E-state index contributed by atoms with van der Waals surface area (Å²) in [6, 6.07) is 21.0. The van der Waals surface area contributed by atoms with Gasteiger partial charge < -0.3 is 0 Å². The van der Waals surface area contributed by atoms with Crippen LogP contribution in [0.15, 0.2) is 60.7 Å². The predicted molar refractivity (Wildman–Crippen MR) is 74.4 cm³/mol. The van der Waals surface area contributed by atoms with Gasteiger partial charge in [-0.2, -0.15) is 0 Å². The molecule has 0 bridgehead atoms. The van der Waals surface area contributed by atoms with Crippen molar-refractivity contribution in [3.63, 3.8) is 0 Å². The van der Waals surface area contributed by atoms with E-state index in [1.165, 1.54) is 10.0 Å². The van der Waals surface area contributed by atoms with E-state index in [-0.39, 0.29) is 0 Å². The van der Waals surface area contributed by atoms with E-state index in [4.69, 9.17) is 0 Å². The van der Waals surface area contributed by atoms with Crippen LogP contribution in [0.3, 0.4) is 0 Å². The van der Waals surface area contributed by atoms with Gasteiger partial charge in [0.05, 0.1) is 0 Å². The van der Waals surface area contributed by atoms with Gasteiger partial charge in [0.2, 0.25) is 0 Å². The van der Waals surface area contributed by atoms with Crippen molar-refractivity contribution in [3.8, 4) is 10.7 Å². The Morgan fingerprint density at radius 3 is 2.18 bits per heavy atom. The van der Waals surface area contributed by atoms with Crippen LogP contribution in [0, 0.1) is 10.7 Å². The van der Waals surface area contributed by atoms with E-state index in [0.29, 0.717) is 15.0 Å². The maximum absolute atomic E-state index is 3.28. The predicted octanol–water partition coefficient (Wildman–Crippen LogP) is 2.61. The van der Waals surface area contributed by atoms with Crippen molar-refractivity contribution in [1.29, 1.82) is 0 Å². The standard InChI is InChI=1S/C16H14Se/c1-3-9-15(10-4-1)11-7-8-14-17-16-12-5-2-6-13-16/h1-6,9-10,12-13H,7,11H2. The fourth-order valence-electron chi connectivity index (χ4n) is 1.49. The molecule has 2 aromatic rings. The maximum atomic E-state index is 3.28. The SMILES string of the molecule is C(#C[Se]c1ccccc1)CCc1ccccc1. The zero-order valence-corrected chi connectivity index (χ0v) is 11.3. The first-order valence-electron chi connectivity index (χ1n) is 5.69. The molecular weight excluding hydrogens is 271 g/mol. The van der Waals surface area contributed by atoms with Crippen molar-refractivity contribution in [3.05, 3.63) is 66.2 Å². The van der Waals surface area contributed by atoms with Crippen molar-refractivity contribution in [2.75, 3.05) is 0 Å². The molecule has 0 radical (unpaired) electrons. The Kier molecular flexibility index (Phi) is 4.91. The van der Waals surface area contributed by atoms with E-state index >= 15 is 0 Å². The average molecular weight is 285 g/mol. The number of rotatable bonds is 3. The van der Waals surface area contributed by atoms with E-state index in [1.54, 1.807) is 0 Å². The summed E-state index contributed by atoms with van der Waals surface area (Å²) in [5.74, 6) is 3.26. The van der Waals surface area contributed by atoms with Gasteiger partial charge in [0.25, 0.3) is 0 Å². The monoisotopic (exact) mass is 286 g/mol. The van der Waals surface area contributed by atoms with Gasteiger partial charge in [-0.3, -0.25) is 0 Å². The Labute approximate surface area is 109 Å². The normalized spacial score (nSPS) is 9.41. The van der Waals surface area contributed by atoms with Crippen LogP contribution in [0.5, 0.6) is 0 Å². The van der Waals surface area contributed by atoms with E-state index < -0.39 is 0 Å². The molecule has 0 aliphatic heterocycles. The van der Waals surface area contributed by atoms with Crippen molar-refractivity contribution in [2.24, 2.45) is 0 Å². The molecule has 2 rings (SSSR count). The van der Waals surface area contributed by atoms with Crippen LogP contribution in [0.1, 0.15) is 12.0 Å². The molecule has 1 heteroatoms. The molecule has 0 nitrogen and oxygen atoms in total. The van der Waals surface area contributed by atoms with Crippen molar-refractivity contribution >= 4 is 19.4 Å². The van der Waals surface area contributed by atoms with E-state index in [2.05, 4.69) is 59.3 Å². The van der Waals surface area contributed by atoms with Crippen LogP contribution in [-0.4, -0.2) is 15.0 Å². The van der Waals surface area contributed by atoms with Crippen molar-refractivity contribution < 1.29 is 0 Å². The van der Waals surface area contributed by atoms with Crippen LogP contribution in [-0.2, 0) is 6.42 Å². The summed E-state index contributed by atoms with van der Waals surface area (Å²) < 4.78 is 1.35. The second-order valence-corrected chi connectivity index (χ2v) is 5.53. The van der Waals surface area contributed by atoms with Gasteiger partial charge in [-0.1, -0.05) is 0 Å². The molecule has 0 atom stereocenters. The Hall–Kier alpha value is -1.48. The molecule has 0 aliphatic rings. The number of aryl methyl sites for hydroxylation is 1. The van der Waals surface area contributed by atoms with Gasteiger partial charge >= 0.3 is 109 Å². The molecule has 0 N–H and O–H groups in total. The first kappa shape index (κ1) is 12.0. The second-order valence-electron chi connectivity index (χ2n) is 3.68. The molecule has 0 saturated carbocycles. The Balaban J connectivity index is 1.76. The first-order chi connectivity index (χ1) is 8.45. The topological polar surface area (TPSA) is 0 Å². The zero-order chi connectivity index (χ0) is 11.8. The summed E-state index contributed by atoms with van der Waals surface area (Å²) in [6.07, 6.45) is 2.01. The molecule has 17 heavy (non-hydrogen) atoms. The molecule has 0 unspecified atom stereocenters. The third-order valence-corrected chi connectivity index (χ3v) is 3.95. The molecule has 0 amide bonds. The van der Waals surface area contributed by atoms with E-state index in [1.807, 2.05) is 12.1 Å².